The van der Waals surface area contributed by atoms with Gasteiger partial charge in [-0.2, -0.15) is 5.26 Å². The fourth-order valence-corrected chi connectivity index (χ4v) is 2.61. The lowest BCUT2D eigenvalue weighted by Crippen LogP contribution is -2.27. The molecule has 0 aromatic heterocycles. The minimum Gasteiger partial charge on any atom is -0.488 e. The molecule has 0 spiro atoms. The van der Waals surface area contributed by atoms with Gasteiger partial charge in [-0.3, -0.25) is 4.79 Å². The van der Waals surface area contributed by atoms with Crippen LogP contribution in [0, 0.1) is 11.3 Å². The smallest absolute Gasteiger partial charge is 0.261 e. The predicted octanol–water partition coefficient (Wildman–Crippen LogP) is 3.27. The molecule has 0 aliphatic carbocycles. The lowest BCUT2D eigenvalue weighted by molar-refractivity contribution is -0.117. The number of hydrogen-bond donors (Lipinski definition) is 1. The highest BCUT2D eigenvalue weighted by atomic mass is 16.5. The molecule has 2 aromatic rings. The van der Waals surface area contributed by atoms with E-state index >= 15 is 0 Å². The topological polar surface area (TPSA) is 62.1 Å². The number of nitrogens with one attached hydrogen (secondary N) is 1. The molecule has 0 unspecified atom stereocenters. The lowest BCUT2D eigenvalue weighted by atomic mass is 10.1. The Morgan fingerprint density at radius 2 is 1.92 bits per heavy atom. The van der Waals surface area contributed by atoms with E-state index < -0.39 is 0 Å². The molecular formula is C21H18N2O2. The van der Waals surface area contributed by atoms with Gasteiger partial charge in [0.05, 0.1) is 0 Å². The number of carbonyl (C=O) groups excluding carboxylic acids is 1. The Labute approximate surface area is 147 Å². The third-order valence-electron chi connectivity index (χ3n) is 3.89. The molecule has 0 bridgehead atoms. The van der Waals surface area contributed by atoms with Crippen LogP contribution in [-0.2, 0) is 11.2 Å². The van der Waals surface area contributed by atoms with E-state index in [1.165, 1.54) is 0 Å². The third kappa shape index (κ3) is 4.36. The fraction of sp³-hybridized carbons (Fsp3) is 0.143. The first kappa shape index (κ1) is 16.5. The van der Waals surface area contributed by atoms with Gasteiger partial charge in [-0.1, -0.05) is 48.5 Å². The maximum Gasteiger partial charge on any atom is 0.261 e. The van der Waals surface area contributed by atoms with E-state index in [-0.39, 0.29) is 11.5 Å². The van der Waals surface area contributed by atoms with Crippen LogP contribution in [0.3, 0.4) is 0 Å². The number of amides is 1. The Kier molecular flexibility index (Phi) is 5.28. The van der Waals surface area contributed by atoms with E-state index in [0.717, 1.165) is 28.9 Å². The van der Waals surface area contributed by atoms with Crippen LogP contribution in [0.1, 0.15) is 11.1 Å². The van der Waals surface area contributed by atoms with Gasteiger partial charge in [0.1, 0.15) is 24.0 Å². The van der Waals surface area contributed by atoms with Crippen LogP contribution >= 0.6 is 0 Å². The molecule has 124 valence electrons. The van der Waals surface area contributed by atoms with Crippen molar-refractivity contribution < 1.29 is 9.53 Å². The van der Waals surface area contributed by atoms with Crippen LogP contribution in [0.2, 0.25) is 0 Å². The number of carbonyl (C=O) groups is 1. The molecule has 0 saturated carbocycles. The summed E-state index contributed by atoms with van der Waals surface area (Å²) in [6.07, 6.45) is 4.26. The Hall–Kier alpha value is -3.32. The average Bonchev–Trinajstić information content (AvgIpc) is 2.66. The number of nitrogens with zero attached hydrogens (tertiary/aromatic N) is 1. The predicted molar refractivity (Wildman–Crippen MR) is 96.8 cm³/mol. The number of benzene rings is 2. The molecule has 1 heterocycles. The molecule has 1 aliphatic rings. The van der Waals surface area contributed by atoms with Crippen LogP contribution in [-0.4, -0.2) is 19.1 Å². The summed E-state index contributed by atoms with van der Waals surface area (Å²) >= 11 is 0. The van der Waals surface area contributed by atoms with E-state index in [1.807, 2.05) is 66.7 Å². The van der Waals surface area contributed by atoms with Gasteiger partial charge in [0.25, 0.3) is 5.91 Å². The highest BCUT2D eigenvalue weighted by molar-refractivity contribution is 5.98. The van der Waals surface area contributed by atoms with Gasteiger partial charge in [0.2, 0.25) is 0 Å². The molecule has 25 heavy (non-hydrogen) atoms. The zero-order chi connectivity index (χ0) is 17.5. The first-order valence-electron chi connectivity index (χ1n) is 8.12. The second kappa shape index (κ2) is 7.98. The molecule has 4 heteroatoms. The van der Waals surface area contributed by atoms with Crippen molar-refractivity contribution in [1.29, 1.82) is 5.26 Å². The molecule has 4 nitrogen and oxygen atoms in total. The Morgan fingerprint density at radius 1 is 1.16 bits per heavy atom. The average molecular weight is 330 g/mol. The molecule has 1 amide bonds. The van der Waals surface area contributed by atoms with Crippen LogP contribution in [0.4, 0.5) is 0 Å². The van der Waals surface area contributed by atoms with Crippen LogP contribution in [0.25, 0.3) is 6.08 Å². The zero-order valence-electron chi connectivity index (χ0n) is 13.7. The summed E-state index contributed by atoms with van der Waals surface area (Å²) < 4.78 is 5.65. The van der Waals surface area contributed by atoms with E-state index in [1.54, 1.807) is 6.08 Å². The molecular weight excluding hydrogens is 312 g/mol. The van der Waals surface area contributed by atoms with Crippen molar-refractivity contribution in [2.45, 2.75) is 6.42 Å². The lowest BCUT2D eigenvalue weighted by Gasteiger charge is -2.16. The van der Waals surface area contributed by atoms with Gasteiger partial charge in [0.15, 0.2) is 0 Å². The van der Waals surface area contributed by atoms with Crippen molar-refractivity contribution in [2.75, 3.05) is 13.2 Å². The molecule has 2 aromatic carbocycles. The van der Waals surface area contributed by atoms with Gasteiger partial charge in [-0.05, 0) is 35.8 Å². The second-order valence-electron chi connectivity index (χ2n) is 5.71. The number of rotatable bonds is 5. The maximum absolute atomic E-state index is 12.2. The van der Waals surface area contributed by atoms with Gasteiger partial charge in [-0.15, -0.1) is 0 Å². The SMILES string of the molecule is N#CC(=CC1=Cc2ccccc2OC1)C(=O)NCCc1ccccc1. The van der Waals surface area contributed by atoms with Gasteiger partial charge in [0, 0.05) is 12.1 Å². The quantitative estimate of drug-likeness (QED) is 0.676. The van der Waals surface area contributed by atoms with Crippen molar-refractivity contribution in [3.8, 4) is 11.8 Å². The van der Waals surface area contributed by atoms with Crippen LogP contribution in [0.15, 0.2) is 71.8 Å². The number of ether oxygens (including phenoxy) is 1. The highest BCUT2D eigenvalue weighted by Gasteiger charge is 2.13. The zero-order valence-corrected chi connectivity index (χ0v) is 13.7. The van der Waals surface area contributed by atoms with E-state index in [2.05, 4.69) is 5.32 Å². The fourth-order valence-electron chi connectivity index (χ4n) is 2.61. The maximum atomic E-state index is 12.2. The van der Waals surface area contributed by atoms with Crippen molar-refractivity contribution in [3.05, 3.63) is 82.9 Å². The standard InChI is InChI=1S/C21H18N2O2/c22-14-19(21(24)23-11-10-16-6-2-1-3-7-16)13-17-12-18-8-4-5-9-20(18)25-15-17/h1-9,12-13H,10-11,15H2,(H,23,24). The molecule has 0 radical (unpaired) electrons. The minimum atomic E-state index is -0.363. The summed E-state index contributed by atoms with van der Waals surface area (Å²) in [5, 5.41) is 12.1. The largest absolute Gasteiger partial charge is 0.488 e. The number of nitriles is 1. The second-order valence-corrected chi connectivity index (χ2v) is 5.71. The minimum absolute atomic E-state index is 0.0855. The Balaban J connectivity index is 1.64. The van der Waals surface area contributed by atoms with E-state index in [0.29, 0.717) is 13.2 Å². The highest BCUT2D eigenvalue weighted by Crippen LogP contribution is 2.26. The molecule has 1 aliphatic heterocycles. The van der Waals surface area contributed by atoms with Crippen LogP contribution in [0.5, 0.6) is 5.75 Å². The first-order chi connectivity index (χ1) is 12.3. The summed E-state index contributed by atoms with van der Waals surface area (Å²) in [6, 6.07) is 19.5. The summed E-state index contributed by atoms with van der Waals surface area (Å²) in [5.41, 5.74) is 2.97. The number of para-hydroxylation sites is 1. The Bertz CT molecular complexity index is 861. The molecule has 3 rings (SSSR count). The summed E-state index contributed by atoms with van der Waals surface area (Å²) in [6.45, 7) is 0.833. The van der Waals surface area contributed by atoms with E-state index in [9.17, 15) is 10.1 Å². The normalized spacial score (nSPS) is 13.1. The summed E-state index contributed by atoms with van der Waals surface area (Å²) in [7, 11) is 0. The molecule has 0 fully saturated rings. The van der Waals surface area contributed by atoms with E-state index in [4.69, 9.17) is 4.74 Å². The van der Waals surface area contributed by atoms with Gasteiger partial charge < -0.3 is 10.1 Å². The van der Waals surface area contributed by atoms with Crippen LogP contribution < -0.4 is 10.1 Å². The number of hydrogen-bond acceptors (Lipinski definition) is 3. The first-order valence-corrected chi connectivity index (χ1v) is 8.12. The third-order valence-corrected chi connectivity index (χ3v) is 3.89. The molecule has 1 N–H and O–H groups in total. The monoisotopic (exact) mass is 330 g/mol. The van der Waals surface area contributed by atoms with Gasteiger partial charge >= 0.3 is 0 Å². The van der Waals surface area contributed by atoms with Crippen molar-refractivity contribution in [2.24, 2.45) is 0 Å². The molecule has 0 atom stereocenters. The van der Waals surface area contributed by atoms with Crippen molar-refractivity contribution >= 4 is 12.0 Å². The summed E-state index contributed by atoms with van der Waals surface area (Å²) in [5.74, 6) is 0.448. The summed E-state index contributed by atoms with van der Waals surface area (Å²) in [4.78, 5) is 12.2. The molecule has 0 saturated heterocycles. The van der Waals surface area contributed by atoms with Gasteiger partial charge in [-0.25, -0.2) is 0 Å². The van der Waals surface area contributed by atoms with Crippen molar-refractivity contribution in [1.82, 2.24) is 5.32 Å². The number of fused-ring (bicyclic) bond motifs is 1. The Morgan fingerprint density at radius 3 is 2.72 bits per heavy atom. The van der Waals surface area contributed by atoms with Crippen molar-refractivity contribution in [3.63, 3.8) is 0 Å².